The van der Waals surface area contributed by atoms with E-state index in [9.17, 15) is 9.18 Å². The minimum absolute atomic E-state index is 0.206. The highest BCUT2D eigenvalue weighted by atomic mass is 35.5. The monoisotopic (exact) mass is 199 g/mol. The Morgan fingerprint density at radius 3 is 2.85 bits per heavy atom. The van der Waals surface area contributed by atoms with Gasteiger partial charge in [0.25, 0.3) is 0 Å². The van der Waals surface area contributed by atoms with E-state index in [2.05, 4.69) is 5.32 Å². The van der Waals surface area contributed by atoms with Crippen molar-refractivity contribution in [2.75, 3.05) is 5.32 Å². The van der Waals surface area contributed by atoms with E-state index >= 15 is 0 Å². The van der Waals surface area contributed by atoms with Crippen LogP contribution in [0.5, 0.6) is 0 Å². The average molecular weight is 200 g/mol. The Morgan fingerprint density at radius 2 is 2.23 bits per heavy atom. The fourth-order valence-corrected chi connectivity index (χ4v) is 1.80. The number of hydrogen-bond donors (Lipinski definition) is 1. The van der Waals surface area contributed by atoms with Gasteiger partial charge in [-0.3, -0.25) is 4.79 Å². The van der Waals surface area contributed by atoms with Crippen molar-refractivity contribution in [2.45, 2.75) is 12.8 Å². The molecule has 68 valence electrons. The molecule has 1 atom stereocenters. The standard InChI is InChI=1S/C9H7ClFNO/c1-4-7-5(10)2-3-6(11)8(7)12-9(4)13/h2-4H,1H3,(H,12,13). The lowest BCUT2D eigenvalue weighted by Gasteiger charge is -2.03. The van der Waals surface area contributed by atoms with Crippen LogP contribution in [0.2, 0.25) is 5.02 Å². The highest BCUT2D eigenvalue weighted by molar-refractivity contribution is 6.32. The molecule has 0 saturated carbocycles. The second-order valence-corrected chi connectivity index (χ2v) is 3.44. The second kappa shape index (κ2) is 2.70. The maximum absolute atomic E-state index is 13.1. The first-order chi connectivity index (χ1) is 6.11. The molecule has 1 unspecified atom stereocenters. The van der Waals surface area contributed by atoms with Crippen molar-refractivity contribution < 1.29 is 9.18 Å². The van der Waals surface area contributed by atoms with Crippen LogP contribution in [-0.2, 0) is 4.79 Å². The van der Waals surface area contributed by atoms with Crippen molar-refractivity contribution in [1.82, 2.24) is 0 Å². The molecule has 1 aliphatic heterocycles. The predicted molar refractivity (Wildman–Crippen MR) is 48.5 cm³/mol. The molecule has 2 rings (SSSR count). The number of carbonyl (C=O) groups excluding carboxylic acids is 1. The first-order valence-corrected chi connectivity index (χ1v) is 4.28. The third-order valence-corrected chi connectivity index (χ3v) is 2.55. The highest BCUT2D eigenvalue weighted by Crippen LogP contribution is 2.38. The van der Waals surface area contributed by atoms with Gasteiger partial charge in [-0.1, -0.05) is 11.6 Å². The molecule has 4 heteroatoms. The van der Waals surface area contributed by atoms with Crippen LogP contribution in [0.4, 0.5) is 10.1 Å². The van der Waals surface area contributed by atoms with Crippen LogP contribution >= 0.6 is 11.6 Å². The van der Waals surface area contributed by atoms with Gasteiger partial charge in [0.2, 0.25) is 5.91 Å². The molecule has 1 N–H and O–H groups in total. The summed E-state index contributed by atoms with van der Waals surface area (Å²) in [5.74, 6) is -1.00. The normalized spacial score (nSPS) is 19.9. The van der Waals surface area contributed by atoms with E-state index in [4.69, 9.17) is 11.6 Å². The summed E-state index contributed by atoms with van der Waals surface area (Å²) in [7, 11) is 0. The van der Waals surface area contributed by atoms with Crippen molar-refractivity contribution in [3.05, 3.63) is 28.5 Å². The van der Waals surface area contributed by atoms with Crippen LogP contribution in [0.1, 0.15) is 18.4 Å². The van der Waals surface area contributed by atoms with Crippen LogP contribution in [0.3, 0.4) is 0 Å². The Balaban J connectivity index is 2.68. The zero-order valence-corrected chi connectivity index (χ0v) is 7.65. The summed E-state index contributed by atoms with van der Waals surface area (Å²) in [5.41, 5.74) is 0.789. The van der Waals surface area contributed by atoms with Gasteiger partial charge in [0, 0.05) is 10.6 Å². The van der Waals surface area contributed by atoms with Gasteiger partial charge in [-0.2, -0.15) is 0 Å². The van der Waals surface area contributed by atoms with Gasteiger partial charge in [0.1, 0.15) is 5.82 Å². The molecule has 0 spiro atoms. The largest absolute Gasteiger partial charge is 0.323 e. The third kappa shape index (κ3) is 1.11. The maximum Gasteiger partial charge on any atom is 0.231 e. The minimum atomic E-state index is -0.433. The van der Waals surface area contributed by atoms with Gasteiger partial charge in [-0.05, 0) is 19.1 Å². The second-order valence-electron chi connectivity index (χ2n) is 3.03. The van der Waals surface area contributed by atoms with E-state index < -0.39 is 5.82 Å². The van der Waals surface area contributed by atoms with Crippen molar-refractivity contribution in [1.29, 1.82) is 0 Å². The number of carbonyl (C=O) groups is 1. The van der Waals surface area contributed by atoms with E-state index in [1.807, 2.05) is 0 Å². The number of nitrogens with one attached hydrogen (secondary N) is 1. The molecule has 0 saturated heterocycles. The Labute approximate surface area is 79.7 Å². The first-order valence-electron chi connectivity index (χ1n) is 3.90. The lowest BCUT2D eigenvalue weighted by Crippen LogP contribution is -2.08. The topological polar surface area (TPSA) is 29.1 Å². The minimum Gasteiger partial charge on any atom is -0.323 e. The molecule has 1 amide bonds. The SMILES string of the molecule is CC1C(=O)Nc2c(F)ccc(Cl)c21. The Hall–Kier alpha value is -1.09. The number of hydrogen-bond acceptors (Lipinski definition) is 1. The number of halogens is 2. The molecular formula is C9H7ClFNO. The van der Waals surface area contributed by atoms with Crippen molar-refractivity contribution in [3.8, 4) is 0 Å². The molecule has 0 radical (unpaired) electrons. The van der Waals surface area contributed by atoms with Gasteiger partial charge in [0.05, 0.1) is 11.6 Å². The van der Waals surface area contributed by atoms with E-state index in [-0.39, 0.29) is 17.5 Å². The molecule has 0 fully saturated rings. The van der Waals surface area contributed by atoms with E-state index in [1.54, 1.807) is 6.92 Å². The zero-order valence-electron chi connectivity index (χ0n) is 6.90. The molecule has 1 heterocycles. The van der Waals surface area contributed by atoms with E-state index in [0.29, 0.717) is 10.6 Å². The zero-order chi connectivity index (χ0) is 9.59. The van der Waals surface area contributed by atoms with Gasteiger partial charge in [-0.25, -0.2) is 4.39 Å². The number of fused-ring (bicyclic) bond motifs is 1. The molecule has 1 aromatic carbocycles. The Bertz CT molecular complexity index is 391. The molecule has 1 aromatic rings. The highest BCUT2D eigenvalue weighted by Gasteiger charge is 2.30. The lowest BCUT2D eigenvalue weighted by atomic mass is 10.0. The van der Waals surface area contributed by atoms with Crippen LogP contribution in [0, 0.1) is 5.82 Å². The van der Waals surface area contributed by atoms with E-state index in [0.717, 1.165) is 0 Å². The summed E-state index contributed by atoms with van der Waals surface area (Å²) in [5, 5.41) is 2.89. The average Bonchev–Trinajstić information content (AvgIpc) is 2.38. The van der Waals surface area contributed by atoms with Crippen molar-refractivity contribution in [3.63, 3.8) is 0 Å². The molecular weight excluding hydrogens is 193 g/mol. The fourth-order valence-electron chi connectivity index (χ4n) is 1.48. The smallest absolute Gasteiger partial charge is 0.231 e. The fraction of sp³-hybridized carbons (Fsp3) is 0.222. The van der Waals surface area contributed by atoms with E-state index in [1.165, 1.54) is 12.1 Å². The number of rotatable bonds is 0. The molecule has 1 aliphatic rings. The third-order valence-electron chi connectivity index (χ3n) is 2.22. The van der Waals surface area contributed by atoms with Gasteiger partial charge >= 0.3 is 0 Å². The predicted octanol–water partition coefficient (Wildman–Crippen LogP) is 2.53. The summed E-state index contributed by atoms with van der Waals surface area (Å²) in [6, 6.07) is 2.71. The summed E-state index contributed by atoms with van der Waals surface area (Å²) in [6.45, 7) is 1.70. The van der Waals surface area contributed by atoms with Gasteiger partial charge in [0.15, 0.2) is 0 Å². The molecule has 0 aromatic heterocycles. The van der Waals surface area contributed by atoms with Gasteiger partial charge in [-0.15, -0.1) is 0 Å². The van der Waals surface area contributed by atoms with Gasteiger partial charge < -0.3 is 5.32 Å². The quantitative estimate of drug-likeness (QED) is 0.684. The number of anilines is 1. The van der Waals surface area contributed by atoms with Crippen molar-refractivity contribution in [2.24, 2.45) is 0 Å². The van der Waals surface area contributed by atoms with Crippen LogP contribution in [0.15, 0.2) is 12.1 Å². The Kier molecular flexibility index (Phi) is 1.77. The summed E-state index contributed by atoms with van der Waals surface area (Å²) in [4.78, 5) is 11.2. The lowest BCUT2D eigenvalue weighted by molar-refractivity contribution is -0.116. The van der Waals surface area contributed by atoms with Crippen molar-refractivity contribution >= 4 is 23.2 Å². The number of benzene rings is 1. The first kappa shape index (κ1) is 8.51. The molecule has 0 bridgehead atoms. The number of amides is 1. The summed E-state index contributed by atoms with van der Waals surface area (Å²) in [6.07, 6.45) is 0. The Morgan fingerprint density at radius 1 is 1.54 bits per heavy atom. The summed E-state index contributed by atoms with van der Waals surface area (Å²) >= 11 is 5.84. The molecule has 0 aliphatic carbocycles. The van der Waals surface area contributed by atoms with Crippen LogP contribution < -0.4 is 5.32 Å². The maximum atomic E-state index is 13.1. The van der Waals surface area contributed by atoms with Crippen LogP contribution in [-0.4, -0.2) is 5.91 Å². The van der Waals surface area contributed by atoms with Crippen LogP contribution in [0.25, 0.3) is 0 Å². The molecule has 2 nitrogen and oxygen atoms in total. The summed E-state index contributed by atoms with van der Waals surface area (Å²) < 4.78 is 13.1. The molecule has 13 heavy (non-hydrogen) atoms.